The van der Waals surface area contributed by atoms with Crippen LogP contribution in [0.1, 0.15) is 52.9 Å². The number of anilines is 1. The Morgan fingerprint density at radius 1 is 0.957 bits per heavy atom. The first-order valence-corrected chi connectivity index (χ1v) is 9.84. The maximum Gasteiger partial charge on any atom is 0.0373 e. The molecule has 1 heteroatoms. The molecular weight excluding hydrogens is 278 g/mol. The van der Waals surface area contributed by atoms with Crippen LogP contribution in [-0.2, 0) is 0 Å². The van der Waals surface area contributed by atoms with Crippen molar-refractivity contribution >= 4 is 5.69 Å². The molecule has 1 nitrogen and oxygen atoms in total. The van der Waals surface area contributed by atoms with Gasteiger partial charge in [-0.25, -0.2) is 0 Å². The van der Waals surface area contributed by atoms with Crippen LogP contribution in [0.2, 0.25) is 0 Å². The van der Waals surface area contributed by atoms with Crippen LogP contribution in [0, 0.1) is 34.5 Å². The second-order valence-corrected chi connectivity index (χ2v) is 10.2. The Kier molecular flexibility index (Phi) is 2.12. The summed E-state index contributed by atoms with van der Waals surface area (Å²) in [5.41, 5.74) is 3.21. The Morgan fingerprint density at radius 3 is 2.43 bits per heavy atom. The van der Waals surface area contributed by atoms with Gasteiger partial charge in [0.25, 0.3) is 0 Å². The predicted molar refractivity (Wildman–Crippen MR) is 94.4 cm³/mol. The standard InChI is InChI=1S/C22H29N/c1-14-22(13-20(2,3)23(14)17-7-5-4-6-8-17)18-10-15-9-16-11-19(22)21(16,18)12-15/h4-8,14-16,18-19H,9-13H2,1-3H3/t14-,15?,16?,18?,19?,21?,22?/m0/s1. The number of hydrogen-bond acceptors (Lipinski definition) is 1. The average Bonchev–Trinajstić information content (AvgIpc) is 3.09. The van der Waals surface area contributed by atoms with Gasteiger partial charge in [0.15, 0.2) is 0 Å². The fourth-order valence-electron chi connectivity index (χ4n) is 9.18. The summed E-state index contributed by atoms with van der Waals surface area (Å²) in [6.45, 7) is 7.56. The molecular formula is C22H29N. The monoisotopic (exact) mass is 307 g/mol. The zero-order valence-electron chi connectivity index (χ0n) is 14.8. The van der Waals surface area contributed by atoms with Gasteiger partial charge in [-0.1, -0.05) is 18.2 Å². The van der Waals surface area contributed by atoms with Crippen LogP contribution in [0.25, 0.3) is 0 Å². The predicted octanol–water partition coefficient (Wildman–Crippen LogP) is 5.12. The Labute approximate surface area is 140 Å². The maximum atomic E-state index is 2.79. The first-order valence-electron chi connectivity index (χ1n) is 9.84. The summed E-state index contributed by atoms with van der Waals surface area (Å²) in [5.74, 6) is 4.33. The van der Waals surface area contributed by atoms with Gasteiger partial charge < -0.3 is 4.90 Å². The van der Waals surface area contributed by atoms with Crippen molar-refractivity contribution in [2.75, 3.05) is 4.90 Å². The largest absolute Gasteiger partial charge is 0.363 e. The van der Waals surface area contributed by atoms with E-state index in [0.717, 1.165) is 29.1 Å². The fourth-order valence-corrected chi connectivity index (χ4v) is 9.18. The summed E-state index contributed by atoms with van der Waals surface area (Å²) in [6, 6.07) is 11.9. The van der Waals surface area contributed by atoms with Crippen molar-refractivity contribution in [1.29, 1.82) is 0 Å². The molecule has 1 saturated heterocycles. The van der Waals surface area contributed by atoms with Crippen molar-refractivity contribution in [3.05, 3.63) is 30.3 Å². The van der Waals surface area contributed by atoms with Crippen molar-refractivity contribution < 1.29 is 0 Å². The summed E-state index contributed by atoms with van der Waals surface area (Å²) in [7, 11) is 0. The number of hydrogen-bond donors (Lipinski definition) is 0. The van der Waals surface area contributed by atoms with E-state index in [0.29, 0.717) is 17.0 Å². The van der Waals surface area contributed by atoms with Crippen molar-refractivity contribution in [2.24, 2.45) is 34.5 Å². The van der Waals surface area contributed by atoms with Crippen LogP contribution in [-0.4, -0.2) is 11.6 Å². The normalized spacial score (nSPS) is 54.0. The van der Waals surface area contributed by atoms with E-state index in [9.17, 15) is 0 Å². The highest BCUT2D eigenvalue weighted by atomic mass is 15.3. The van der Waals surface area contributed by atoms with Crippen LogP contribution in [0.5, 0.6) is 0 Å². The molecule has 1 aromatic carbocycles. The van der Waals surface area contributed by atoms with E-state index in [1.54, 1.807) is 25.7 Å². The van der Waals surface area contributed by atoms with Gasteiger partial charge in [0, 0.05) is 17.3 Å². The Bertz CT molecular complexity index is 678. The topological polar surface area (TPSA) is 3.24 Å². The van der Waals surface area contributed by atoms with Gasteiger partial charge in [0.2, 0.25) is 0 Å². The fraction of sp³-hybridized carbons (Fsp3) is 0.727. The van der Waals surface area contributed by atoms with Crippen LogP contribution in [0.4, 0.5) is 5.69 Å². The van der Waals surface area contributed by atoms with E-state index in [-0.39, 0.29) is 0 Å². The zero-order chi connectivity index (χ0) is 15.6. The lowest BCUT2D eigenvalue weighted by Crippen LogP contribution is -2.74. The van der Waals surface area contributed by atoms with Crippen molar-refractivity contribution in [2.45, 2.75) is 64.5 Å². The Hall–Kier alpha value is -0.980. The lowest BCUT2D eigenvalue weighted by Gasteiger charge is -2.77. The average molecular weight is 307 g/mol. The SMILES string of the molecule is C[C@@H]1N(c2ccccc2)C(C)(C)CC12C1CC3CC4CC2C41C3. The summed E-state index contributed by atoms with van der Waals surface area (Å²) in [4.78, 5) is 2.79. The van der Waals surface area contributed by atoms with E-state index in [1.165, 1.54) is 12.1 Å². The molecule has 0 aromatic heterocycles. The van der Waals surface area contributed by atoms with Crippen LogP contribution in [0.15, 0.2) is 30.3 Å². The molecule has 0 radical (unpaired) electrons. The molecule has 23 heavy (non-hydrogen) atoms. The molecule has 122 valence electrons. The number of nitrogens with zero attached hydrogens (tertiary/aromatic N) is 1. The van der Waals surface area contributed by atoms with Crippen molar-refractivity contribution in [3.63, 3.8) is 0 Å². The summed E-state index contributed by atoms with van der Waals surface area (Å²) in [6.07, 6.45) is 7.75. The third-order valence-corrected chi connectivity index (χ3v) is 9.29. The lowest BCUT2D eigenvalue weighted by molar-refractivity contribution is -0.291. The summed E-state index contributed by atoms with van der Waals surface area (Å²) < 4.78 is 0. The van der Waals surface area contributed by atoms with Crippen LogP contribution < -0.4 is 4.90 Å². The van der Waals surface area contributed by atoms with Gasteiger partial charge in [-0.15, -0.1) is 0 Å². The smallest absolute Gasteiger partial charge is 0.0373 e. The van der Waals surface area contributed by atoms with E-state index < -0.39 is 0 Å². The van der Waals surface area contributed by atoms with E-state index in [2.05, 4.69) is 56.0 Å². The van der Waals surface area contributed by atoms with Crippen molar-refractivity contribution in [3.8, 4) is 0 Å². The maximum absolute atomic E-state index is 2.79. The van der Waals surface area contributed by atoms with Crippen LogP contribution >= 0.6 is 0 Å². The van der Waals surface area contributed by atoms with Gasteiger partial charge in [-0.3, -0.25) is 0 Å². The summed E-state index contributed by atoms with van der Waals surface area (Å²) >= 11 is 0. The Balaban J connectivity index is 1.44. The second kappa shape index (κ2) is 3.65. The van der Waals surface area contributed by atoms with E-state index in [1.807, 2.05) is 0 Å². The quantitative estimate of drug-likeness (QED) is 0.696. The molecule has 6 rings (SSSR count). The molecule has 2 bridgehead atoms. The molecule has 1 aromatic rings. The van der Waals surface area contributed by atoms with Crippen LogP contribution in [0.3, 0.4) is 0 Å². The first kappa shape index (κ1) is 13.3. The molecule has 5 aliphatic rings. The zero-order valence-corrected chi connectivity index (χ0v) is 14.8. The van der Waals surface area contributed by atoms with Crippen molar-refractivity contribution in [1.82, 2.24) is 0 Å². The van der Waals surface area contributed by atoms with E-state index >= 15 is 0 Å². The number of fused-ring (bicyclic) bond motifs is 3. The van der Waals surface area contributed by atoms with Gasteiger partial charge >= 0.3 is 0 Å². The number of benzene rings is 1. The molecule has 2 spiro atoms. The minimum absolute atomic E-state index is 0.301. The molecule has 5 fully saturated rings. The molecule has 4 saturated carbocycles. The molecule has 1 heterocycles. The summed E-state index contributed by atoms with van der Waals surface area (Å²) in [5, 5.41) is 0. The van der Waals surface area contributed by atoms with Gasteiger partial charge in [-0.2, -0.15) is 0 Å². The molecule has 6 unspecified atom stereocenters. The molecule has 7 atom stereocenters. The highest BCUT2D eigenvalue weighted by Crippen LogP contribution is 2.90. The van der Waals surface area contributed by atoms with Gasteiger partial charge in [0.1, 0.15) is 0 Å². The molecule has 1 aliphatic heterocycles. The van der Waals surface area contributed by atoms with Gasteiger partial charge in [0.05, 0.1) is 0 Å². The number of rotatable bonds is 1. The third kappa shape index (κ3) is 1.19. The highest BCUT2D eigenvalue weighted by Gasteiger charge is 2.85. The molecule has 4 aliphatic carbocycles. The second-order valence-electron chi connectivity index (χ2n) is 10.2. The highest BCUT2D eigenvalue weighted by molar-refractivity contribution is 5.54. The minimum Gasteiger partial charge on any atom is -0.363 e. The Morgan fingerprint density at radius 2 is 1.70 bits per heavy atom. The minimum atomic E-state index is 0.301. The first-order chi connectivity index (χ1) is 11.0. The molecule has 0 N–H and O–H groups in total. The van der Waals surface area contributed by atoms with E-state index in [4.69, 9.17) is 0 Å². The molecule has 0 amide bonds. The third-order valence-electron chi connectivity index (χ3n) is 9.29. The number of para-hydroxylation sites is 1. The van der Waals surface area contributed by atoms with Gasteiger partial charge in [-0.05, 0) is 99.5 Å². The lowest BCUT2D eigenvalue weighted by atomic mass is 9.27.